The molecule has 0 aromatic heterocycles. The van der Waals surface area contributed by atoms with Crippen LogP contribution >= 0.6 is 0 Å². The number of carbonyl (C=O) groups is 4. The van der Waals surface area contributed by atoms with Crippen LogP contribution in [0.2, 0.25) is 0 Å². The fourth-order valence-electron chi connectivity index (χ4n) is 5.60. The molecule has 2 saturated carbocycles. The molecule has 4 aliphatic carbocycles. The van der Waals surface area contributed by atoms with E-state index in [2.05, 4.69) is 0 Å². The average molecular weight is 288 g/mol. The molecule has 0 radical (unpaired) electrons. The molecule has 2 bridgehead atoms. The van der Waals surface area contributed by atoms with Gasteiger partial charge in [-0.15, -0.1) is 0 Å². The Bertz CT molecular complexity index is 676. The Labute approximate surface area is 119 Å². The van der Waals surface area contributed by atoms with E-state index < -0.39 is 47.5 Å². The predicted octanol–water partition coefficient (Wildman–Crippen LogP) is 0.0699. The van der Waals surface area contributed by atoms with E-state index in [1.54, 1.807) is 0 Å². The average Bonchev–Trinajstić information content (AvgIpc) is 2.79. The van der Waals surface area contributed by atoms with Crippen LogP contribution in [0.1, 0.15) is 6.92 Å². The summed E-state index contributed by atoms with van der Waals surface area (Å²) in [6.07, 6.45) is 2.00. The highest BCUT2D eigenvalue weighted by molar-refractivity contribution is 6.01. The zero-order chi connectivity index (χ0) is 14.6. The van der Waals surface area contributed by atoms with Gasteiger partial charge < -0.3 is 9.47 Å². The maximum atomic E-state index is 12.0. The molecule has 6 heteroatoms. The van der Waals surface area contributed by atoms with Crippen LogP contribution in [0.4, 0.5) is 0 Å². The van der Waals surface area contributed by atoms with Crippen LogP contribution in [0.15, 0.2) is 11.6 Å². The number of hydrogen-bond acceptors (Lipinski definition) is 6. The largest absolute Gasteiger partial charge is 0.393 e. The molecule has 2 aliphatic heterocycles. The lowest BCUT2D eigenvalue weighted by Crippen LogP contribution is -2.64. The standard InChI is InChI=1S/C15H12O6/c1-3-2-4-6-8(11-10(6)14(18)21-15(11)19)5(3)9-7(4)12(16)20-13(9)17/h2,4-11H,1H3. The number of rotatable bonds is 0. The van der Waals surface area contributed by atoms with Crippen LogP contribution in [0.3, 0.4) is 0 Å². The summed E-state index contributed by atoms with van der Waals surface area (Å²) in [5, 5.41) is 0. The van der Waals surface area contributed by atoms with Gasteiger partial charge in [-0.3, -0.25) is 19.2 Å². The van der Waals surface area contributed by atoms with Crippen LogP contribution in [-0.2, 0) is 28.7 Å². The number of fused-ring (bicyclic) bond motifs is 1. The molecule has 6 nitrogen and oxygen atoms in total. The molecule has 0 amide bonds. The van der Waals surface area contributed by atoms with Crippen molar-refractivity contribution < 1.29 is 28.7 Å². The summed E-state index contributed by atoms with van der Waals surface area (Å²) in [6, 6.07) is 0. The predicted molar refractivity (Wildman–Crippen MR) is 63.9 cm³/mol. The molecule has 6 rings (SSSR count). The molecule has 8 atom stereocenters. The fraction of sp³-hybridized carbons (Fsp3) is 0.600. The second-order valence-electron chi connectivity index (χ2n) is 6.75. The topological polar surface area (TPSA) is 86.7 Å². The minimum atomic E-state index is -0.489. The zero-order valence-electron chi connectivity index (χ0n) is 11.1. The molecule has 0 aromatic carbocycles. The maximum absolute atomic E-state index is 12.0. The van der Waals surface area contributed by atoms with Gasteiger partial charge in [0.05, 0.1) is 23.7 Å². The van der Waals surface area contributed by atoms with Gasteiger partial charge in [0.1, 0.15) is 0 Å². The Hall–Kier alpha value is -1.98. The Kier molecular flexibility index (Phi) is 1.81. The van der Waals surface area contributed by atoms with E-state index in [-0.39, 0.29) is 23.7 Å². The molecule has 2 saturated heterocycles. The van der Waals surface area contributed by atoms with Gasteiger partial charge >= 0.3 is 23.9 Å². The Morgan fingerprint density at radius 2 is 1.24 bits per heavy atom. The first-order valence-corrected chi connectivity index (χ1v) is 7.20. The van der Waals surface area contributed by atoms with Crippen LogP contribution in [-0.4, -0.2) is 23.9 Å². The van der Waals surface area contributed by atoms with Crippen LogP contribution in [0.5, 0.6) is 0 Å². The van der Waals surface area contributed by atoms with Crippen LogP contribution in [0, 0.1) is 47.3 Å². The molecule has 4 fully saturated rings. The first-order chi connectivity index (χ1) is 10.0. The van der Waals surface area contributed by atoms with E-state index in [0.29, 0.717) is 0 Å². The van der Waals surface area contributed by atoms with Crippen molar-refractivity contribution in [3.8, 4) is 0 Å². The molecule has 2 heterocycles. The van der Waals surface area contributed by atoms with Crippen molar-refractivity contribution in [2.45, 2.75) is 6.92 Å². The van der Waals surface area contributed by atoms with E-state index in [0.717, 1.165) is 5.57 Å². The van der Waals surface area contributed by atoms with E-state index >= 15 is 0 Å². The number of allylic oxidation sites excluding steroid dienone is 2. The Balaban J connectivity index is 1.66. The lowest BCUT2D eigenvalue weighted by molar-refractivity contribution is -0.168. The maximum Gasteiger partial charge on any atom is 0.318 e. The van der Waals surface area contributed by atoms with E-state index in [9.17, 15) is 19.2 Å². The van der Waals surface area contributed by atoms with E-state index in [1.165, 1.54) is 0 Å². The van der Waals surface area contributed by atoms with Gasteiger partial charge in [0.25, 0.3) is 0 Å². The van der Waals surface area contributed by atoms with Gasteiger partial charge in [0.15, 0.2) is 0 Å². The summed E-state index contributed by atoms with van der Waals surface area (Å²) in [5.74, 6) is -4.27. The van der Waals surface area contributed by atoms with E-state index in [4.69, 9.17) is 9.47 Å². The number of carbonyl (C=O) groups excluding carboxylic acids is 4. The first-order valence-electron chi connectivity index (χ1n) is 7.20. The van der Waals surface area contributed by atoms with Crippen molar-refractivity contribution in [1.29, 1.82) is 0 Å². The SMILES string of the molecule is CC1=CC2C3C(=O)OC(=O)C3C1C1C3C(=O)OC(=O)C3C21. The molecule has 6 aliphatic rings. The molecule has 0 N–H and O–H groups in total. The van der Waals surface area contributed by atoms with E-state index in [1.807, 2.05) is 13.0 Å². The first kappa shape index (κ1) is 11.7. The smallest absolute Gasteiger partial charge is 0.318 e. The summed E-state index contributed by atoms with van der Waals surface area (Å²) in [4.78, 5) is 47.7. The highest BCUT2D eigenvalue weighted by Gasteiger charge is 2.75. The monoisotopic (exact) mass is 288 g/mol. The summed E-state index contributed by atoms with van der Waals surface area (Å²) in [5.41, 5.74) is 1.03. The van der Waals surface area contributed by atoms with Gasteiger partial charge in [-0.25, -0.2) is 0 Å². The van der Waals surface area contributed by atoms with Crippen molar-refractivity contribution in [2.75, 3.05) is 0 Å². The van der Waals surface area contributed by atoms with Gasteiger partial charge in [0, 0.05) is 0 Å². The number of hydrogen-bond donors (Lipinski definition) is 0. The normalized spacial score (nSPS) is 52.5. The van der Waals surface area contributed by atoms with Crippen LogP contribution in [0.25, 0.3) is 0 Å². The third-order valence-corrected chi connectivity index (χ3v) is 6.18. The Morgan fingerprint density at radius 3 is 1.90 bits per heavy atom. The molecular formula is C15H12O6. The van der Waals surface area contributed by atoms with Gasteiger partial charge in [-0.1, -0.05) is 11.6 Å². The molecule has 21 heavy (non-hydrogen) atoms. The van der Waals surface area contributed by atoms with Crippen LogP contribution < -0.4 is 0 Å². The molecule has 108 valence electrons. The van der Waals surface area contributed by atoms with Crippen molar-refractivity contribution in [1.82, 2.24) is 0 Å². The van der Waals surface area contributed by atoms with Crippen molar-refractivity contribution in [3.63, 3.8) is 0 Å². The number of esters is 4. The minimum Gasteiger partial charge on any atom is -0.393 e. The van der Waals surface area contributed by atoms with Gasteiger partial charge in [-0.05, 0) is 30.6 Å². The van der Waals surface area contributed by atoms with Gasteiger partial charge in [-0.2, -0.15) is 0 Å². The van der Waals surface area contributed by atoms with Crippen molar-refractivity contribution >= 4 is 23.9 Å². The van der Waals surface area contributed by atoms with Gasteiger partial charge in [0.2, 0.25) is 0 Å². The van der Waals surface area contributed by atoms with Crippen molar-refractivity contribution in [3.05, 3.63) is 11.6 Å². The highest BCUT2D eigenvalue weighted by atomic mass is 16.6. The lowest BCUT2D eigenvalue weighted by atomic mass is 9.39. The fourth-order valence-corrected chi connectivity index (χ4v) is 5.60. The summed E-state index contributed by atoms with van der Waals surface area (Å²) in [7, 11) is 0. The second kappa shape index (κ2) is 3.26. The molecule has 8 unspecified atom stereocenters. The quantitative estimate of drug-likeness (QED) is 0.356. The second-order valence-corrected chi connectivity index (χ2v) is 6.75. The summed E-state index contributed by atoms with van der Waals surface area (Å²) >= 11 is 0. The summed E-state index contributed by atoms with van der Waals surface area (Å²) < 4.78 is 9.60. The molecule has 0 spiro atoms. The lowest BCUT2D eigenvalue weighted by Gasteiger charge is -2.60. The summed E-state index contributed by atoms with van der Waals surface area (Å²) in [6.45, 7) is 1.93. The number of cyclic esters (lactones) is 4. The van der Waals surface area contributed by atoms with Crippen molar-refractivity contribution in [2.24, 2.45) is 47.3 Å². The third-order valence-electron chi connectivity index (χ3n) is 6.18. The third kappa shape index (κ3) is 1.06. The highest BCUT2D eigenvalue weighted by Crippen LogP contribution is 2.69. The molecular weight excluding hydrogens is 276 g/mol. The Morgan fingerprint density at radius 1 is 0.714 bits per heavy atom. The zero-order valence-corrected chi connectivity index (χ0v) is 11.1. The number of ether oxygens (including phenoxy) is 2. The molecule has 0 aromatic rings. The minimum absolute atomic E-state index is 0.0661.